The minimum atomic E-state index is -0.666. The lowest BCUT2D eigenvalue weighted by Gasteiger charge is -2.29. The van der Waals surface area contributed by atoms with E-state index in [0.29, 0.717) is 12.3 Å². The Morgan fingerprint density at radius 2 is 2.20 bits per heavy atom. The van der Waals surface area contributed by atoms with E-state index in [1.807, 2.05) is 0 Å². The topological polar surface area (TPSA) is 49.7 Å². The van der Waals surface area contributed by atoms with Gasteiger partial charge < -0.3 is 14.9 Å². The molecule has 3 nitrogen and oxygen atoms in total. The molecule has 2 N–H and O–H groups in total. The van der Waals surface area contributed by atoms with Gasteiger partial charge in [0.15, 0.2) is 6.29 Å². The van der Waals surface area contributed by atoms with Gasteiger partial charge in [0.1, 0.15) is 0 Å². The molecule has 0 aromatic rings. The van der Waals surface area contributed by atoms with E-state index in [-0.39, 0.29) is 12.7 Å². The second kappa shape index (κ2) is 3.32. The predicted molar refractivity (Wildman–Crippen MR) is 36.4 cm³/mol. The van der Waals surface area contributed by atoms with Crippen molar-refractivity contribution in [3.05, 3.63) is 0 Å². The molecule has 1 heterocycles. The average molecular weight is 146 g/mol. The van der Waals surface area contributed by atoms with E-state index in [4.69, 9.17) is 14.9 Å². The first-order chi connectivity index (χ1) is 4.72. The second-order valence-electron chi connectivity index (χ2n) is 2.97. The van der Waals surface area contributed by atoms with E-state index in [9.17, 15) is 0 Å². The summed E-state index contributed by atoms with van der Waals surface area (Å²) in [5.74, 6) is 0.459. The first-order valence-electron chi connectivity index (χ1n) is 3.66. The summed E-state index contributed by atoms with van der Waals surface area (Å²) < 4.78 is 5.01. The highest BCUT2D eigenvalue weighted by atomic mass is 16.6. The van der Waals surface area contributed by atoms with Crippen molar-refractivity contribution in [1.82, 2.24) is 0 Å². The second-order valence-corrected chi connectivity index (χ2v) is 2.97. The monoisotopic (exact) mass is 146 g/mol. The van der Waals surface area contributed by atoms with Gasteiger partial charge in [0, 0.05) is 6.42 Å². The SMILES string of the molecule is C[C@H]1C[C@@H](CO)O[C@H](O)C1. The molecule has 0 aromatic carbocycles. The molecule has 0 bridgehead atoms. The molecular formula is C7H14O3. The van der Waals surface area contributed by atoms with Crippen LogP contribution >= 0.6 is 0 Å². The Morgan fingerprint density at radius 3 is 2.70 bits per heavy atom. The van der Waals surface area contributed by atoms with Gasteiger partial charge in [0.25, 0.3) is 0 Å². The molecular weight excluding hydrogens is 132 g/mol. The zero-order valence-electron chi connectivity index (χ0n) is 6.16. The molecule has 0 amide bonds. The van der Waals surface area contributed by atoms with E-state index in [2.05, 4.69) is 6.92 Å². The molecule has 3 atom stereocenters. The molecule has 0 aromatic heterocycles. The van der Waals surface area contributed by atoms with Crippen molar-refractivity contribution < 1.29 is 14.9 Å². The van der Waals surface area contributed by atoms with Gasteiger partial charge in [-0.15, -0.1) is 0 Å². The van der Waals surface area contributed by atoms with Gasteiger partial charge in [-0.25, -0.2) is 0 Å². The van der Waals surface area contributed by atoms with Crippen LogP contribution in [0.25, 0.3) is 0 Å². The van der Waals surface area contributed by atoms with Gasteiger partial charge in [-0.3, -0.25) is 0 Å². The van der Waals surface area contributed by atoms with Crippen molar-refractivity contribution in [3.8, 4) is 0 Å². The zero-order chi connectivity index (χ0) is 7.56. The summed E-state index contributed by atoms with van der Waals surface area (Å²) >= 11 is 0. The van der Waals surface area contributed by atoms with Crippen molar-refractivity contribution in [1.29, 1.82) is 0 Å². The number of aliphatic hydroxyl groups is 2. The minimum absolute atomic E-state index is 0.0153. The van der Waals surface area contributed by atoms with Gasteiger partial charge in [0.2, 0.25) is 0 Å². The molecule has 1 aliphatic rings. The Hall–Kier alpha value is -0.120. The van der Waals surface area contributed by atoms with E-state index in [0.717, 1.165) is 6.42 Å². The minimum Gasteiger partial charge on any atom is -0.394 e. The molecule has 0 saturated carbocycles. The standard InChI is InChI=1S/C7H14O3/c1-5-2-6(4-8)10-7(9)3-5/h5-9H,2-4H2,1H3/t5-,6-,7-/m0/s1. The largest absolute Gasteiger partial charge is 0.394 e. The summed E-state index contributed by atoms with van der Waals surface area (Å²) in [6.45, 7) is 2.07. The van der Waals surface area contributed by atoms with Crippen LogP contribution in [0.15, 0.2) is 0 Å². The first-order valence-corrected chi connectivity index (χ1v) is 3.66. The molecule has 60 valence electrons. The van der Waals surface area contributed by atoms with Gasteiger partial charge in [-0.1, -0.05) is 6.92 Å². The fraction of sp³-hybridized carbons (Fsp3) is 1.00. The van der Waals surface area contributed by atoms with Gasteiger partial charge in [0.05, 0.1) is 12.7 Å². The van der Waals surface area contributed by atoms with Crippen molar-refractivity contribution in [2.75, 3.05) is 6.61 Å². The molecule has 1 saturated heterocycles. The molecule has 0 radical (unpaired) electrons. The van der Waals surface area contributed by atoms with Crippen LogP contribution in [-0.2, 0) is 4.74 Å². The van der Waals surface area contributed by atoms with Gasteiger partial charge >= 0.3 is 0 Å². The first kappa shape index (κ1) is 7.98. The van der Waals surface area contributed by atoms with Gasteiger partial charge in [-0.2, -0.15) is 0 Å². The number of aliphatic hydroxyl groups excluding tert-OH is 2. The third-order valence-corrected chi connectivity index (χ3v) is 1.82. The molecule has 0 aliphatic carbocycles. The lowest BCUT2D eigenvalue weighted by molar-refractivity contribution is -0.184. The summed E-state index contributed by atoms with van der Waals surface area (Å²) in [7, 11) is 0. The fourth-order valence-corrected chi connectivity index (χ4v) is 1.34. The maximum absolute atomic E-state index is 9.05. The molecule has 1 fully saturated rings. The average Bonchev–Trinajstić information content (AvgIpc) is 1.85. The molecule has 0 spiro atoms. The van der Waals surface area contributed by atoms with E-state index in [1.54, 1.807) is 0 Å². The Morgan fingerprint density at radius 1 is 1.50 bits per heavy atom. The summed E-state index contributed by atoms with van der Waals surface area (Å²) in [5, 5.41) is 17.7. The lowest BCUT2D eigenvalue weighted by atomic mass is 9.97. The highest BCUT2D eigenvalue weighted by Gasteiger charge is 2.24. The quantitative estimate of drug-likeness (QED) is 0.552. The summed E-state index contributed by atoms with van der Waals surface area (Å²) in [4.78, 5) is 0. The highest BCUT2D eigenvalue weighted by Crippen LogP contribution is 2.22. The molecule has 0 unspecified atom stereocenters. The van der Waals surface area contributed by atoms with E-state index < -0.39 is 6.29 Å². The molecule has 1 rings (SSSR count). The van der Waals surface area contributed by atoms with Crippen LogP contribution in [0.3, 0.4) is 0 Å². The maximum atomic E-state index is 9.05. The van der Waals surface area contributed by atoms with Crippen molar-refractivity contribution >= 4 is 0 Å². The Balaban J connectivity index is 2.35. The van der Waals surface area contributed by atoms with Crippen molar-refractivity contribution in [2.24, 2.45) is 5.92 Å². The van der Waals surface area contributed by atoms with Crippen LogP contribution in [0.1, 0.15) is 19.8 Å². The zero-order valence-corrected chi connectivity index (χ0v) is 6.16. The van der Waals surface area contributed by atoms with Crippen LogP contribution in [0.4, 0.5) is 0 Å². The summed E-state index contributed by atoms with van der Waals surface area (Å²) in [5.41, 5.74) is 0. The van der Waals surface area contributed by atoms with E-state index >= 15 is 0 Å². The van der Waals surface area contributed by atoms with Crippen LogP contribution in [0.2, 0.25) is 0 Å². The van der Waals surface area contributed by atoms with E-state index in [1.165, 1.54) is 0 Å². The van der Waals surface area contributed by atoms with Crippen LogP contribution in [0, 0.1) is 5.92 Å². The molecule has 3 heteroatoms. The normalized spacial score (nSPS) is 41.7. The van der Waals surface area contributed by atoms with Crippen molar-refractivity contribution in [3.63, 3.8) is 0 Å². The van der Waals surface area contributed by atoms with Gasteiger partial charge in [-0.05, 0) is 12.3 Å². The van der Waals surface area contributed by atoms with Crippen LogP contribution < -0.4 is 0 Å². The number of ether oxygens (including phenoxy) is 1. The molecule has 10 heavy (non-hydrogen) atoms. The highest BCUT2D eigenvalue weighted by molar-refractivity contribution is 4.69. The van der Waals surface area contributed by atoms with Crippen molar-refractivity contribution in [2.45, 2.75) is 32.2 Å². The summed E-state index contributed by atoms with van der Waals surface area (Å²) in [6, 6.07) is 0. The Bertz CT molecular complexity index is 95.0. The van der Waals surface area contributed by atoms with Crippen LogP contribution in [0.5, 0.6) is 0 Å². The number of hydrogen-bond donors (Lipinski definition) is 2. The number of rotatable bonds is 1. The predicted octanol–water partition coefficient (Wildman–Crippen LogP) is 0.112. The maximum Gasteiger partial charge on any atom is 0.155 e. The third kappa shape index (κ3) is 1.94. The Labute approximate surface area is 60.6 Å². The van der Waals surface area contributed by atoms with Crippen LogP contribution in [-0.4, -0.2) is 29.2 Å². The smallest absolute Gasteiger partial charge is 0.155 e. The fourth-order valence-electron chi connectivity index (χ4n) is 1.34. The lowest BCUT2D eigenvalue weighted by Crippen LogP contribution is -2.33. The Kier molecular flexibility index (Phi) is 2.65. The summed E-state index contributed by atoms with van der Waals surface area (Å²) in [6.07, 6.45) is 0.726. The third-order valence-electron chi connectivity index (χ3n) is 1.82. The molecule has 1 aliphatic heterocycles. The number of hydrogen-bond acceptors (Lipinski definition) is 3.